The molecule has 1 aliphatic heterocycles. The highest BCUT2D eigenvalue weighted by molar-refractivity contribution is 5.83. The van der Waals surface area contributed by atoms with Gasteiger partial charge in [0, 0.05) is 32.7 Å². The number of β-amino-alcohol motifs (C(OH)–C–C–N with tert-alkyl or cyclic N) is 1. The summed E-state index contributed by atoms with van der Waals surface area (Å²) in [5.41, 5.74) is 1.07. The molecule has 1 atom stereocenters. The van der Waals surface area contributed by atoms with Crippen molar-refractivity contribution < 1.29 is 9.90 Å². The lowest BCUT2D eigenvalue weighted by atomic mass is 9.99. The van der Waals surface area contributed by atoms with E-state index in [4.69, 9.17) is 5.11 Å². The van der Waals surface area contributed by atoms with Crippen LogP contribution >= 0.6 is 0 Å². The Bertz CT molecular complexity index is 400. The minimum Gasteiger partial charge on any atom is -0.395 e. The molecular weight excluding hydrogens is 240 g/mol. The lowest BCUT2D eigenvalue weighted by Crippen LogP contribution is -2.50. The van der Waals surface area contributed by atoms with Gasteiger partial charge in [0.1, 0.15) is 0 Å². The van der Waals surface area contributed by atoms with E-state index in [-0.39, 0.29) is 18.4 Å². The van der Waals surface area contributed by atoms with Crippen LogP contribution in [0.1, 0.15) is 18.4 Å². The van der Waals surface area contributed by atoms with E-state index in [0.717, 1.165) is 31.7 Å². The van der Waals surface area contributed by atoms with E-state index in [1.807, 2.05) is 42.2 Å². The van der Waals surface area contributed by atoms with Gasteiger partial charge in [0.25, 0.3) is 0 Å². The van der Waals surface area contributed by atoms with Crippen LogP contribution in [0.4, 0.5) is 0 Å². The fraction of sp³-hybridized carbons (Fsp3) is 0.533. The molecule has 1 heterocycles. The van der Waals surface area contributed by atoms with Crippen LogP contribution in [0.3, 0.4) is 0 Å². The summed E-state index contributed by atoms with van der Waals surface area (Å²) in [6.45, 7) is 6.09. The molecule has 19 heavy (non-hydrogen) atoms. The summed E-state index contributed by atoms with van der Waals surface area (Å²) in [5.74, 6) is 0.125. The number of hydrogen-bond acceptors (Lipinski definition) is 3. The van der Waals surface area contributed by atoms with E-state index >= 15 is 0 Å². The minimum atomic E-state index is -0.0782. The molecule has 104 valence electrons. The van der Waals surface area contributed by atoms with Crippen LogP contribution < -0.4 is 0 Å². The number of carbonyl (C=O) groups is 1. The number of nitrogens with zero attached hydrogens (tertiary/aromatic N) is 2. The second-order valence-corrected chi connectivity index (χ2v) is 5.02. The van der Waals surface area contributed by atoms with Crippen LogP contribution in [0, 0.1) is 0 Å². The highest BCUT2D eigenvalue weighted by atomic mass is 16.3. The van der Waals surface area contributed by atoms with Crippen molar-refractivity contribution >= 4 is 5.91 Å². The van der Waals surface area contributed by atoms with Crippen LogP contribution in [-0.2, 0) is 4.79 Å². The Balaban J connectivity index is 1.91. The first-order valence-electron chi connectivity index (χ1n) is 6.89. The number of aliphatic hydroxyl groups is 1. The summed E-state index contributed by atoms with van der Waals surface area (Å²) in [5, 5.41) is 8.91. The predicted molar refractivity (Wildman–Crippen MR) is 75.0 cm³/mol. The number of amides is 1. The van der Waals surface area contributed by atoms with Crippen LogP contribution in [0.2, 0.25) is 0 Å². The lowest BCUT2D eigenvalue weighted by molar-refractivity contribution is -0.134. The topological polar surface area (TPSA) is 43.8 Å². The van der Waals surface area contributed by atoms with E-state index in [1.54, 1.807) is 0 Å². The van der Waals surface area contributed by atoms with Crippen LogP contribution in [-0.4, -0.2) is 60.1 Å². The van der Waals surface area contributed by atoms with Gasteiger partial charge in [-0.1, -0.05) is 30.3 Å². The zero-order valence-electron chi connectivity index (χ0n) is 11.5. The minimum absolute atomic E-state index is 0.0782. The van der Waals surface area contributed by atoms with Crippen molar-refractivity contribution in [2.75, 3.05) is 39.3 Å². The number of hydrogen-bond donors (Lipinski definition) is 1. The van der Waals surface area contributed by atoms with Gasteiger partial charge in [-0.3, -0.25) is 9.69 Å². The molecule has 0 bridgehead atoms. The number of piperazine rings is 1. The van der Waals surface area contributed by atoms with Gasteiger partial charge in [0.2, 0.25) is 5.91 Å². The van der Waals surface area contributed by atoms with Gasteiger partial charge in [0.05, 0.1) is 12.5 Å². The van der Waals surface area contributed by atoms with E-state index < -0.39 is 0 Å². The Morgan fingerprint density at radius 3 is 2.42 bits per heavy atom. The molecule has 0 aromatic heterocycles. The van der Waals surface area contributed by atoms with Crippen molar-refractivity contribution in [3.8, 4) is 0 Å². The molecule has 1 aromatic rings. The molecule has 0 radical (unpaired) electrons. The number of aliphatic hydroxyl groups excluding tert-OH is 1. The van der Waals surface area contributed by atoms with Gasteiger partial charge in [-0.05, 0) is 12.5 Å². The van der Waals surface area contributed by atoms with Gasteiger partial charge in [-0.2, -0.15) is 0 Å². The van der Waals surface area contributed by atoms with Crippen molar-refractivity contribution in [1.29, 1.82) is 0 Å². The van der Waals surface area contributed by atoms with E-state index in [1.165, 1.54) is 0 Å². The molecule has 1 aliphatic rings. The molecule has 4 nitrogen and oxygen atoms in total. The summed E-state index contributed by atoms with van der Waals surface area (Å²) in [4.78, 5) is 16.5. The maximum absolute atomic E-state index is 12.4. The molecule has 0 aliphatic carbocycles. The van der Waals surface area contributed by atoms with Crippen LogP contribution in [0.15, 0.2) is 30.3 Å². The monoisotopic (exact) mass is 262 g/mol. The van der Waals surface area contributed by atoms with Crippen LogP contribution in [0.5, 0.6) is 0 Å². The first-order valence-corrected chi connectivity index (χ1v) is 6.89. The van der Waals surface area contributed by atoms with Gasteiger partial charge in [-0.25, -0.2) is 0 Å². The third-order valence-electron chi connectivity index (χ3n) is 3.77. The summed E-state index contributed by atoms with van der Waals surface area (Å²) < 4.78 is 0. The fourth-order valence-electron chi connectivity index (χ4n) is 2.49. The quantitative estimate of drug-likeness (QED) is 0.878. The van der Waals surface area contributed by atoms with Gasteiger partial charge >= 0.3 is 0 Å². The summed E-state index contributed by atoms with van der Waals surface area (Å²) >= 11 is 0. The summed E-state index contributed by atoms with van der Waals surface area (Å²) in [6, 6.07) is 9.92. The Kier molecular flexibility index (Phi) is 4.93. The molecule has 1 saturated heterocycles. The van der Waals surface area contributed by atoms with Crippen molar-refractivity contribution in [3.05, 3.63) is 35.9 Å². The highest BCUT2D eigenvalue weighted by Crippen LogP contribution is 2.18. The molecule has 1 aromatic carbocycles. The maximum Gasteiger partial charge on any atom is 0.229 e. The molecule has 0 saturated carbocycles. The van der Waals surface area contributed by atoms with E-state index in [9.17, 15) is 4.79 Å². The zero-order valence-corrected chi connectivity index (χ0v) is 11.5. The molecule has 1 fully saturated rings. The second kappa shape index (κ2) is 6.68. The third-order valence-corrected chi connectivity index (χ3v) is 3.77. The number of carbonyl (C=O) groups excluding carboxylic acids is 1. The molecule has 1 amide bonds. The average Bonchev–Trinajstić information content (AvgIpc) is 2.48. The molecular formula is C15H22N2O2. The lowest BCUT2D eigenvalue weighted by Gasteiger charge is -2.35. The predicted octanol–water partition coefficient (Wildman–Crippen LogP) is 0.927. The fourth-order valence-corrected chi connectivity index (χ4v) is 2.49. The van der Waals surface area contributed by atoms with E-state index in [0.29, 0.717) is 6.54 Å². The van der Waals surface area contributed by atoms with Gasteiger partial charge in [-0.15, -0.1) is 0 Å². The number of benzene rings is 1. The van der Waals surface area contributed by atoms with Gasteiger partial charge in [0.15, 0.2) is 0 Å². The summed E-state index contributed by atoms with van der Waals surface area (Å²) in [6.07, 6.45) is 0. The number of rotatable bonds is 4. The van der Waals surface area contributed by atoms with Crippen molar-refractivity contribution in [2.24, 2.45) is 0 Å². The van der Waals surface area contributed by atoms with Gasteiger partial charge < -0.3 is 10.0 Å². The average molecular weight is 262 g/mol. The molecule has 4 heteroatoms. The molecule has 1 N–H and O–H groups in total. The standard InChI is InChI=1S/C15H22N2O2/c1-13(14-5-3-2-4-6-14)15(19)17-9-7-16(8-10-17)11-12-18/h2-6,13,18H,7-12H2,1H3. The van der Waals surface area contributed by atoms with Crippen molar-refractivity contribution in [3.63, 3.8) is 0 Å². The SMILES string of the molecule is CC(C(=O)N1CCN(CCO)CC1)c1ccccc1. The molecule has 0 spiro atoms. The first-order chi connectivity index (χ1) is 9.22. The normalized spacial score (nSPS) is 18.3. The Morgan fingerprint density at radius 1 is 1.21 bits per heavy atom. The third kappa shape index (κ3) is 3.55. The summed E-state index contributed by atoms with van der Waals surface area (Å²) in [7, 11) is 0. The zero-order chi connectivity index (χ0) is 13.7. The van der Waals surface area contributed by atoms with Crippen molar-refractivity contribution in [2.45, 2.75) is 12.8 Å². The highest BCUT2D eigenvalue weighted by Gasteiger charge is 2.25. The van der Waals surface area contributed by atoms with E-state index in [2.05, 4.69) is 4.90 Å². The molecule has 1 unspecified atom stereocenters. The second-order valence-electron chi connectivity index (χ2n) is 5.02. The Hall–Kier alpha value is -1.39. The maximum atomic E-state index is 12.4. The largest absolute Gasteiger partial charge is 0.395 e. The Labute approximate surface area is 114 Å². The molecule has 2 rings (SSSR count). The smallest absolute Gasteiger partial charge is 0.229 e. The van der Waals surface area contributed by atoms with Crippen LogP contribution in [0.25, 0.3) is 0 Å². The Morgan fingerprint density at radius 2 is 1.84 bits per heavy atom. The van der Waals surface area contributed by atoms with Crippen molar-refractivity contribution in [1.82, 2.24) is 9.80 Å². The first kappa shape index (κ1) is 14.0.